The van der Waals surface area contributed by atoms with Crippen molar-refractivity contribution in [1.82, 2.24) is 10.2 Å². The molecule has 0 fully saturated rings. The smallest absolute Gasteiger partial charge is 0.0406 e. The summed E-state index contributed by atoms with van der Waals surface area (Å²) >= 11 is 5.91. The third kappa shape index (κ3) is 5.38. The van der Waals surface area contributed by atoms with E-state index in [2.05, 4.69) is 36.3 Å². The van der Waals surface area contributed by atoms with Crippen molar-refractivity contribution in [3.8, 4) is 0 Å². The maximum absolute atomic E-state index is 5.91. The molecule has 1 atom stereocenters. The van der Waals surface area contributed by atoms with Gasteiger partial charge < -0.3 is 5.32 Å². The van der Waals surface area contributed by atoms with Crippen LogP contribution in [0.15, 0.2) is 24.3 Å². The molecule has 1 rings (SSSR count). The van der Waals surface area contributed by atoms with Gasteiger partial charge in [0.15, 0.2) is 0 Å². The molecule has 18 heavy (non-hydrogen) atoms. The highest BCUT2D eigenvalue weighted by Crippen LogP contribution is 2.21. The van der Waals surface area contributed by atoms with E-state index in [-0.39, 0.29) is 0 Å². The lowest BCUT2D eigenvalue weighted by molar-refractivity contribution is 0.255. The summed E-state index contributed by atoms with van der Waals surface area (Å²) in [6.07, 6.45) is 3.81. The summed E-state index contributed by atoms with van der Waals surface area (Å²) in [6.45, 7) is 4.51. The maximum atomic E-state index is 5.91. The summed E-state index contributed by atoms with van der Waals surface area (Å²) in [6, 6.07) is 8.61. The Morgan fingerprint density at radius 2 is 1.83 bits per heavy atom. The monoisotopic (exact) mass is 268 g/mol. The number of hydrogen-bond acceptors (Lipinski definition) is 2. The lowest BCUT2D eigenvalue weighted by Crippen LogP contribution is -2.23. The predicted molar refractivity (Wildman–Crippen MR) is 80.3 cm³/mol. The van der Waals surface area contributed by atoms with Crippen LogP contribution in [-0.2, 0) is 0 Å². The van der Waals surface area contributed by atoms with Gasteiger partial charge in [-0.2, -0.15) is 0 Å². The number of hydrogen-bond donors (Lipinski definition) is 1. The standard InChI is InChI=1S/C15H25ClN2/c1-13(14-7-9-15(16)10-8-14)18(3)12-6-4-5-11-17-2/h7-10,13,17H,4-6,11-12H2,1-3H3. The Morgan fingerprint density at radius 3 is 2.44 bits per heavy atom. The van der Waals surface area contributed by atoms with Crippen LogP contribution in [0.2, 0.25) is 5.02 Å². The lowest BCUT2D eigenvalue weighted by atomic mass is 10.1. The summed E-state index contributed by atoms with van der Waals surface area (Å²) in [5.41, 5.74) is 1.33. The summed E-state index contributed by atoms with van der Waals surface area (Å²) < 4.78 is 0. The van der Waals surface area contributed by atoms with Crippen LogP contribution in [-0.4, -0.2) is 32.1 Å². The fourth-order valence-corrected chi connectivity index (χ4v) is 2.16. The third-order valence-corrected chi connectivity index (χ3v) is 3.70. The van der Waals surface area contributed by atoms with Crippen molar-refractivity contribution in [2.75, 3.05) is 27.2 Å². The van der Waals surface area contributed by atoms with E-state index in [4.69, 9.17) is 11.6 Å². The zero-order valence-corrected chi connectivity index (χ0v) is 12.5. The van der Waals surface area contributed by atoms with Gasteiger partial charge in [-0.25, -0.2) is 0 Å². The average Bonchev–Trinajstić information content (AvgIpc) is 2.38. The number of benzene rings is 1. The Kier molecular flexibility index (Phi) is 7.33. The van der Waals surface area contributed by atoms with Gasteiger partial charge in [0.05, 0.1) is 0 Å². The van der Waals surface area contributed by atoms with Crippen LogP contribution < -0.4 is 5.32 Å². The van der Waals surface area contributed by atoms with E-state index < -0.39 is 0 Å². The van der Waals surface area contributed by atoms with E-state index in [9.17, 15) is 0 Å². The van der Waals surface area contributed by atoms with Gasteiger partial charge in [0, 0.05) is 11.1 Å². The van der Waals surface area contributed by atoms with Gasteiger partial charge in [-0.1, -0.05) is 30.2 Å². The van der Waals surface area contributed by atoms with Crippen LogP contribution in [0.3, 0.4) is 0 Å². The van der Waals surface area contributed by atoms with E-state index >= 15 is 0 Å². The SMILES string of the molecule is CNCCCCCN(C)C(C)c1ccc(Cl)cc1. The second kappa shape index (κ2) is 8.52. The second-order valence-corrected chi connectivity index (χ2v) is 5.31. The molecule has 1 unspecified atom stereocenters. The molecule has 0 aliphatic heterocycles. The van der Waals surface area contributed by atoms with Gasteiger partial charge in [-0.15, -0.1) is 0 Å². The van der Waals surface area contributed by atoms with Crippen molar-refractivity contribution >= 4 is 11.6 Å². The van der Waals surface area contributed by atoms with Crippen molar-refractivity contribution in [3.05, 3.63) is 34.9 Å². The molecular weight excluding hydrogens is 244 g/mol. The summed E-state index contributed by atoms with van der Waals surface area (Å²) in [5.74, 6) is 0. The molecule has 0 heterocycles. The first-order valence-electron chi connectivity index (χ1n) is 6.75. The molecule has 1 N–H and O–H groups in total. The first kappa shape index (κ1) is 15.5. The summed E-state index contributed by atoms with van der Waals surface area (Å²) in [7, 11) is 4.20. The predicted octanol–water partition coefficient (Wildman–Crippen LogP) is 3.72. The summed E-state index contributed by atoms with van der Waals surface area (Å²) in [4.78, 5) is 2.41. The molecule has 0 bridgehead atoms. The van der Waals surface area contributed by atoms with Gasteiger partial charge in [0.2, 0.25) is 0 Å². The minimum atomic E-state index is 0.451. The first-order valence-corrected chi connectivity index (χ1v) is 7.13. The van der Waals surface area contributed by atoms with E-state index in [0.717, 1.165) is 18.1 Å². The number of nitrogens with zero attached hydrogens (tertiary/aromatic N) is 1. The number of halogens is 1. The highest BCUT2D eigenvalue weighted by molar-refractivity contribution is 6.30. The van der Waals surface area contributed by atoms with Crippen molar-refractivity contribution in [3.63, 3.8) is 0 Å². The lowest BCUT2D eigenvalue weighted by Gasteiger charge is -2.25. The Hall–Kier alpha value is -0.570. The largest absolute Gasteiger partial charge is 0.320 e. The van der Waals surface area contributed by atoms with E-state index in [0.29, 0.717) is 6.04 Å². The molecule has 0 amide bonds. The molecule has 0 saturated carbocycles. The zero-order valence-electron chi connectivity index (χ0n) is 11.7. The van der Waals surface area contributed by atoms with Crippen molar-refractivity contribution in [2.24, 2.45) is 0 Å². The highest BCUT2D eigenvalue weighted by atomic mass is 35.5. The summed E-state index contributed by atoms with van der Waals surface area (Å²) in [5, 5.41) is 3.99. The molecule has 0 saturated heterocycles. The molecule has 0 spiro atoms. The number of nitrogens with one attached hydrogen (secondary N) is 1. The van der Waals surface area contributed by atoms with Crippen LogP contribution in [0.1, 0.15) is 37.8 Å². The molecule has 0 radical (unpaired) electrons. The topological polar surface area (TPSA) is 15.3 Å². The molecular formula is C15H25ClN2. The Labute approximate surface area is 116 Å². The minimum absolute atomic E-state index is 0.451. The van der Waals surface area contributed by atoms with Gasteiger partial charge in [-0.05, 0) is 64.6 Å². The van der Waals surface area contributed by atoms with E-state index in [1.807, 2.05) is 19.2 Å². The molecule has 0 aliphatic rings. The quantitative estimate of drug-likeness (QED) is 0.723. The van der Waals surface area contributed by atoms with Crippen LogP contribution >= 0.6 is 11.6 Å². The molecule has 1 aromatic carbocycles. The average molecular weight is 269 g/mol. The fraction of sp³-hybridized carbons (Fsp3) is 0.600. The van der Waals surface area contributed by atoms with Gasteiger partial charge in [-0.3, -0.25) is 4.90 Å². The fourth-order valence-electron chi connectivity index (χ4n) is 2.03. The van der Waals surface area contributed by atoms with Crippen molar-refractivity contribution in [1.29, 1.82) is 0 Å². The number of rotatable bonds is 8. The third-order valence-electron chi connectivity index (χ3n) is 3.45. The maximum Gasteiger partial charge on any atom is 0.0406 e. The van der Waals surface area contributed by atoms with Crippen LogP contribution in [0.4, 0.5) is 0 Å². The highest BCUT2D eigenvalue weighted by Gasteiger charge is 2.10. The van der Waals surface area contributed by atoms with Gasteiger partial charge in [0.25, 0.3) is 0 Å². The second-order valence-electron chi connectivity index (χ2n) is 4.87. The molecule has 0 aromatic heterocycles. The molecule has 1 aromatic rings. The Morgan fingerprint density at radius 1 is 1.17 bits per heavy atom. The first-order chi connectivity index (χ1) is 8.65. The minimum Gasteiger partial charge on any atom is -0.320 e. The normalized spacial score (nSPS) is 12.9. The van der Waals surface area contributed by atoms with E-state index in [1.54, 1.807) is 0 Å². The molecule has 3 heteroatoms. The van der Waals surface area contributed by atoms with Gasteiger partial charge >= 0.3 is 0 Å². The number of unbranched alkanes of at least 4 members (excludes halogenated alkanes) is 2. The van der Waals surface area contributed by atoms with Crippen LogP contribution in [0.5, 0.6) is 0 Å². The Balaban J connectivity index is 2.32. The molecule has 0 aliphatic carbocycles. The van der Waals surface area contributed by atoms with Crippen LogP contribution in [0, 0.1) is 0 Å². The molecule has 2 nitrogen and oxygen atoms in total. The van der Waals surface area contributed by atoms with Crippen LogP contribution in [0.25, 0.3) is 0 Å². The van der Waals surface area contributed by atoms with Gasteiger partial charge in [0.1, 0.15) is 0 Å². The van der Waals surface area contributed by atoms with E-state index in [1.165, 1.54) is 24.8 Å². The Bertz CT molecular complexity index is 324. The zero-order chi connectivity index (χ0) is 13.4. The molecule has 102 valence electrons. The van der Waals surface area contributed by atoms with Crippen molar-refractivity contribution in [2.45, 2.75) is 32.2 Å². The van der Waals surface area contributed by atoms with Crippen molar-refractivity contribution < 1.29 is 0 Å².